The van der Waals surface area contributed by atoms with Gasteiger partial charge in [0.15, 0.2) is 5.82 Å². The Morgan fingerprint density at radius 2 is 1.96 bits per heavy atom. The maximum atomic E-state index is 13.9. The first-order valence-electron chi connectivity index (χ1n) is 7.46. The Bertz CT molecular complexity index is 887. The molecule has 0 aliphatic heterocycles. The van der Waals surface area contributed by atoms with Gasteiger partial charge in [0.25, 0.3) is 5.91 Å². The number of benzene rings is 2. The minimum Gasteiger partial charge on any atom is -0.345 e. The van der Waals surface area contributed by atoms with Crippen LogP contribution in [0, 0.1) is 29.9 Å². The third-order valence-corrected chi connectivity index (χ3v) is 4.03. The lowest BCUT2D eigenvalue weighted by Crippen LogP contribution is -2.28. The van der Waals surface area contributed by atoms with Crippen LogP contribution in [-0.4, -0.2) is 5.91 Å². The van der Waals surface area contributed by atoms with E-state index < -0.39 is 28.7 Å². The molecule has 0 heterocycles. The molecule has 128 valence electrons. The van der Waals surface area contributed by atoms with E-state index in [4.69, 9.17) is 11.6 Å². The molecular formula is C19H15ClF2N2O. The molecule has 1 N–H and O–H groups in total. The van der Waals surface area contributed by atoms with Gasteiger partial charge in [0.05, 0.1) is 11.1 Å². The Morgan fingerprint density at radius 1 is 1.28 bits per heavy atom. The Hall–Kier alpha value is -2.71. The van der Waals surface area contributed by atoms with Crippen molar-refractivity contribution in [2.24, 2.45) is 0 Å². The van der Waals surface area contributed by atoms with Gasteiger partial charge in [-0.25, -0.2) is 8.78 Å². The lowest BCUT2D eigenvalue weighted by Gasteiger charge is -2.16. The molecule has 2 rings (SSSR count). The fraction of sp³-hybridized carbons (Fsp3) is 0.158. The first kappa shape index (κ1) is 18.6. The third-order valence-electron chi connectivity index (χ3n) is 3.74. The first-order valence-corrected chi connectivity index (χ1v) is 7.84. The van der Waals surface area contributed by atoms with Crippen molar-refractivity contribution < 1.29 is 13.6 Å². The zero-order valence-corrected chi connectivity index (χ0v) is 14.4. The molecule has 0 fully saturated rings. The second-order valence-electron chi connectivity index (χ2n) is 5.48. The average molecular weight is 361 g/mol. The Labute approximate surface area is 149 Å². The van der Waals surface area contributed by atoms with Crippen LogP contribution >= 0.6 is 11.6 Å². The van der Waals surface area contributed by atoms with Crippen LogP contribution in [-0.2, 0) is 4.79 Å². The van der Waals surface area contributed by atoms with Crippen LogP contribution in [0.25, 0.3) is 6.08 Å². The first-order chi connectivity index (χ1) is 11.8. The minimum absolute atomic E-state index is 0.293. The maximum absolute atomic E-state index is 13.9. The summed E-state index contributed by atoms with van der Waals surface area (Å²) < 4.78 is 27.7. The van der Waals surface area contributed by atoms with E-state index in [2.05, 4.69) is 5.32 Å². The number of hydrogen-bond donors (Lipinski definition) is 1. The van der Waals surface area contributed by atoms with Crippen LogP contribution in [0.2, 0.25) is 5.02 Å². The summed E-state index contributed by atoms with van der Waals surface area (Å²) in [6, 6.07) is 10.8. The molecule has 0 radical (unpaired) electrons. The molecule has 0 saturated heterocycles. The van der Waals surface area contributed by atoms with Crippen molar-refractivity contribution in [2.45, 2.75) is 19.9 Å². The van der Waals surface area contributed by atoms with E-state index in [9.17, 15) is 18.8 Å². The molecule has 0 aromatic heterocycles. The van der Waals surface area contributed by atoms with Crippen molar-refractivity contribution >= 4 is 23.6 Å². The summed E-state index contributed by atoms with van der Waals surface area (Å²) in [4.78, 5) is 12.3. The van der Waals surface area contributed by atoms with Gasteiger partial charge in [-0.2, -0.15) is 5.26 Å². The second kappa shape index (κ2) is 7.91. The number of hydrogen-bond acceptors (Lipinski definition) is 2. The molecule has 3 nitrogen and oxygen atoms in total. The molecule has 0 unspecified atom stereocenters. The molecule has 0 saturated carbocycles. The predicted molar refractivity (Wildman–Crippen MR) is 92.7 cm³/mol. The van der Waals surface area contributed by atoms with Crippen LogP contribution in [0.1, 0.15) is 29.7 Å². The predicted octanol–water partition coefficient (Wildman–Crippen LogP) is 4.71. The van der Waals surface area contributed by atoms with Gasteiger partial charge in [-0.15, -0.1) is 0 Å². The molecule has 1 amide bonds. The SMILES string of the molecule is Cc1ccccc1[C@H](C)NC(=O)/C(C#N)=C/c1c(F)ccc(Cl)c1F. The van der Waals surface area contributed by atoms with Gasteiger partial charge in [0.2, 0.25) is 0 Å². The van der Waals surface area contributed by atoms with Gasteiger partial charge < -0.3 is 5.32 Å². The average Bonchev–Trinajstić information content (AvgIpc) is 2.58. The summed E-state index contributed by atoms with van der Waals surface area (Å²) in [5.74, 6) is -2.65. The zero-order chi connectivity index (χ0) is 18.6. The molecule has 1 atom stereocenters. The molecule has 6 heteroatoms. The zero-order valence-electron chi connectivity index (χ0n) is 13.6. The van der Waals surface area contributed by atoms with E-state index in [0.717, 1.165) is 29.3 Å². The monoisotopic (exact) mass is 360 g/mol. The third kappa shape index (κ3) is 4.23. The summed E-state index contributed by atoms with van der Waals surface area (Å²) in [5.41, 5.74) is 0.918. The summed E-state index contributed by atoms with van der Waals surface area (Å²) in [6.07, 6.45) is 0.858. The van der Waals surface area contributed by atoms with Crippen LogP contribution in [0.3, 0.4) is 0 Å². The van der Waals surface area contributed by atoms with Gasteiger partial charge in [0.1, 0.15) is 17.5 Å². The normalized spacial score (nSPS) is 12.4. The lowest BCUT2D eigenvalue weighted by molar-refractivity contribution is -0.117. The van der Waals surface area contributed by atoms with Gasteiger partial charge in [-0.05, 0) is 43.2 Å². The van der Waals surface area contributed by atoms with Crippen molar-refractivity contribution in [3.8, 4) is 6.07 Å². The highest BCUT2D eigenvalue weighted by Crippen LogP contribution is 2.24. The molecule has 2 aromatic rings. The molecule has 0 spiro atoms. The number of halogens is 3. The number of rotatable bonds is 4. The van der Waals surface area contributed by atoms with Crippen molar-refractivity contribution in [1.82, 2.24) is 5.32 Å². The van der Waals surface area contributed by atoms with Gasteiger partial charge in [-0.1, -0.05) is 35.9 Å². The number of aryl methyl sites for hydroxylation is 1. The number of carbonyl (C=O) groups excluding carboxylic acids is 1. The Balaban J connectivity index is 2.30. The molecule has 2 aromatic carbocycles. The highest BCUT2D eigenvalue weighted by molar-refractivity contribution is 6.30. The van der Waals surface area contributed by atoms with E-state index in [0.29, 0.717) is 0 Å². The molecule has 0 bridgehead atoms. The number of amides is 1. The van der Waals surface area contributed by atoms with E-state index in [1.807, 2.05) is 31.2 Å². The van der Waals surface area contributed by atoms with E-state index >= 15 is 0 Å². The number of nitriles is 1. The van der Waals surface area contributed by atoms with Crippen LogP contribution < -0.4 is 5.32 Å². The van der Waals surface area contributed by atoms with Crippen molar-refractivity contribution in [2.75, 3.05) is 0 Å². The van der Waals surface area contributed by atoms with Crippen molar-refractivity contribution in [3.63, 3.8) is 0 Å². The van der Waals surface area contributed by atoms with E-state index in [1.54, 1.807) is 13.0 Å². The molecular weight excluding hydrogens is 346 g/mol. The maximum Gasteiger partial charge on any atom is 0.262 e. The summed E-state index contributed by atoms with van der Waals surface area (Å²) in [6.45, 7) is 3.66. The highest BCUT2D eigenvalue weighted by atomic mass is 35.5. The fourth-order valence-corrected chi connectivity index (χ4v) is 2.56. The Morgan fingerprint density at radius 3 is 2.60 bits per heavy atom. The topological polar surface area (TPSA) is 52.9 Å². The van der Waals surface area contributed by atoms with Gasteiger partial charge >= 0.3 is 0 Å². The van der Waals surface area contributed by atoms with Gasteiger partial charge in [-0.3, -0.25) is 4.79 Å². The number of nitrogens with one attached hydrogen (secondary N) is 1. The van der Waals surface area contributed by atoms with Crippen LogP contribution in [0.15, 0.2) is 42.0 Å². The van der Waals surface area contributed by atoms with Gasteiger partial charge in [0, 0.05) is 5.56 Å². The largest absolute Gasteiger partial charge is 0.345 e. The van der Waals surface area contributed by atoms with E-state index in [1.165, 1.54) is 0 Å². The minimum atomic E-state index is -1.02. The molecule has 0 aliphatic carbocycles. The summed E-state index contributed by atoms with van der Waals surface area (Å²) in [7, 11) is 0. The van der Waals surface area contributed by atoms with Crippen LogP contribution in [0.5, 0.6) is 0 Å². The van der Waals surface area contributed by atoms with Crippen LogP contribution in [0.4, 0.5) is 8.78 Å². The molecule has 25 heavy (non-hydrogen) atoms. The smallest absolute Gasteiger partial charge is 0.262 e. The quantitative estimate of drug-likeness (QED) is 0.487. The van der Waals surface area contributed by atoms with E-state index in [-0.39, 0.29) is 11.1 Å². The second-order valence-corrected chi connectivity index (χ2v) is 5.89. The summed E-state index contributed by atoms with van der Waals surface area (Å²) in [5, 5.41) is 11.6. The number of carbonyl (C=O) groups is 1. The summed E-state index contributed by atoms with van der Waals surface area (Å²) >= 11 is 5.62. The number of nitrogens with zero attached hydrogens (tertiary/aromatic N) is 1. The van der Waals surface area contributed by atoms with Crippen molar-refractivity contribution in [3.05, 3.63) is 75.3 Å². The lowest BCUT2D eigenvalue weighted by atomic mass is 10.0. The standard InChI is InChI=1S/C19H15ClF2N2O/c1-11-5-3-4-6-14(11)12(2)24-19(25)13(10-23)9-15-17(21)8-7-16(20)18(15)22/h3-9,12H,1-2H3,(H,24,25)/b13-9+/t12-/m0/s1. The Kier molecular flexibility index (Phi) is 5.89. The fourth-order valence-electron chi connectivity index (χ4n) is 2.39. The van der Waals surface area contributed by atoms with Crippen molar-refractivity contribution in [1.29, 1.82) is 5.26 Å². The highest BCUT2D eigenvalue weighted by Gasteiger charge is 2.18. The molecule has 0 aliphatic rings.